The molecule has 0 aliphatic carbocycles. The number of para-hydroxylation sites is 2. The minimum atomic E-state index is -0.648. The van der Waals surface area contributed by atoms with Gasteiger partial charge in [-0.25, -0.2) is 9.69 Å². The first-order valence-corrected chi connectivity index (χ1v) is 11.0. The summed E-state index contributed by atoms with van der Waals surface area (Å²) in [5.41, 5.74) is 4.04. The molecule has 33 heavy (non-hydrogen) atoms. The summed E-state index contributed by atoms with van der Waals surface area (Å²) in [6.07, 6.45) is 1.48. The van der Waals surface area contributed by atoms with Crippen LogP contribution >= 0.6 is 0 Å². The molecule has 3 aromatic carbocycles. The van der Waals surface area contributed by atoms with E-state index in [0.29, 0.717) is 6.42 Å². The van der Waals surface area contributed by atoms with Crippen LogP contribution in [0.2, 0.25) is 0 Å². The highest BCUT2D eigenvalue weighted by molar-refractivity contribution is 6.11. The molecule has 2 heterocycles. The summed E-state index contributed by atoms with van der Waals surface area (Å²) >= 11 is 0. The van der Waals surface area contributed by atoms with Gasteiger partial charge in [-0.05, 0) is 54.8 Å². The van der Waals surface area contributed by atoms with E-state index in [1.165, 1.54) is 5.52 Å². The molecule has 5 rings (SSSR count). The molecular weight excluding hydrogens is 416 g/mol. The number of hydrogen-bond donors (Lipinski definition) is 0. The van der Waals surface area contributed by atoms with Crippen molar-refractivity contribution in [1.82, 2.24) is 9.47 Å². The monoisotopic (exact) mass is 440 g/mol. The Morgan fingerprint density at radius 3 is 2.52 bits per heavy atom. The third-order valence-corrected chi connectivity index (χ3v) is 6.08. The number of carbonyl (C=O) groups is 2. The van der Waals surface area contributed by atoms with Gasteiger partial charge in [0, 0.05) is 34.9 Å². The summed E-state index contributed by atoms with van der Waals surface area (Å²) in [4.78, 5) is 26.4. The van der Waals surface area contributed by atoms with Gasteiger partial charge < -0.3 is 14.0 Å². The quantitative estimate of drug-likeness (QED) is 0.378. The van der Waals surface area contributed by atoms with E-state index < -0.39 is 12.0 Å². The lowest BCUT2D eigenvalue weighted by molar-refractivity contribution is -0.123. The Labute approximate surface area is 191 Å². The first kappa shape index (κ1) is 20.8. The number of aromatic nitrogens is 1. The number of carbonyl (C=O) groups excluding carboxylic acids is 2. The molecule has 2 amide bonds. The first-order chi connectivity index (χ1) is 16.1. The summed E-state index contributed by atoms with van der Waals surface area (Å²) in [6, 6.07) is 21.9. The van der Waals surface area contributed by atoms with Crippen molar-refractivity contribution in [1.29, 1.82) is 0 Å². The van der Waals surface area contributed by atoms with Crippen molar-refractivity contribution in [2.75, 3.05) is 13.7 Å². The number of amides is 2. The molecule has 1 aromatic heterocycles. The fourth-order valence-corrected chi connectivity index (χ4v) is 4.49. The zero-order valence-corrected chi connectivity index (χ0v) is 18.6. The summed E-state index contributed by atoms with van der Waals surface area (Å²) in [6.45, 7) is 3.21. The van der Waals surface area contributed by atoms with Gasteiger partial charge in [-0.1, -0.05) is 42.5 Å². The smallest absolute Gasteiger partial charge is 0.422 e. The zero-order chi connectivity index (χ0) is 22.9. The van der Waals surface area contributed by atoms with Crippen LogP contribution in [0, 0.1) is 0 Å². The molecule has 0 saturated carbocycles. The van der Waals surface area contributed by atoms with E-state index >= 15 is 0 Å². The van der Waals surface area contributed by atoms with E-state index in [-0.39, 0.29) is 12.3 Å². The van der Waals surface area contributed by atoms with E-state index in [4.69, 9.17) is 9.47 Å². The second kappa shape index (κ2) is 8.47. The molecular formula is C27H24N2O4. The molecule has 0 N–H and O–H groups in total. The number of methoxy groups -OCH3 is 1. The number of imide groups is 1. The van der Waals surface area contributed by atoms with E-state index in [2.05, 4.69) is 23.6 Å². The standard InChI is InChI=1S/C27H24N2O4/c1-3-28-22-10-6-5-9-20(22)21-16-18(12-13-23(21)28)17-25-26(30)29(27(31)33-25)15-14-19-8-4-7-11-24(19)32-2/h4-13,16-17H,3,14-15H2,1-2H3/b25-17+. The van der Waals surface area contributed by atoms with E-state index in [1.807, 2.05) is 54.6 Å². The molecule has 6 nitrogen and oxygen atoms in total. The van der Waals surface area contributed by atoms with Crippen molar-refractivity contribution in [3.63, 3.8) is 0 Å². The third kappa shape index (κ3) is 3.63. The fraction of sp³-hybridized carbons (Fsp3) is 0.185. The first-order valence-electron chi connectivity index (χ1n) is 11.0. The molecule has 4 aromatic rings. The van der Waals surface area contributed by atoms with Crippen LogP contribution in [0.3, 0.4) is 0 Å². The molecule has 0 unspecified atom stereocenters. The second-order valence-corrected chi connectivity index (χ2v) is 7.93. The molecule has 1 aliphatic rings. The maximum absolute atomic E-state index is 12.9. The third-order valence-electron chi connectivity index (χ3n) is 6.08. The van der Waals surface area contributed by atoms with Crippen LogP contribution in [0.1, 0.15) is 18.1 Å². The fourth-order valence-electron chi connectivity index (χ4n) is 4.49. The van der Waals surface area contributed by atoms with Gasteiger partial charge >= 0.3 is 6.09 Å². The number of ether oxygens (including phenoxy) is 2. The zero-order valence-electron chi connectivity index (χ0n) is 18.6. The predicted octanol–water partition coefficient (Wildman–Crippen LogP) is 5.39. The Hall–Kier alpha value is -4.06. The van der Waals surface area contributed by atoms with Gasteiger partial charge in [-0.15, -0.1) is 0 Å². The van der Waals surface area contributed by atoms with Crippen molar-refractivity contribution in [3.05, 3.63) is 83.6 Å². The van der Waals surface area contributed by atoms with Crippen molar-refractivity contribution in [2.45, 2.75) is 19.9 Å². The Balaban J connectivity index is 1.42. The van der Waals surface area contributed by atoms with Crippen LogP contribution in [0.25, 0.3) is 27.9 Å². The van der Waals surface area contributed by atoms with Gasteiger partial charge in [-0.2, -0.15) is 0 Å². The average Bonchev–Trinajstić information content (AvgIpc) is 3.30. The van der Waals surface area contributed by atoms with Crippen molar-refractivity contribution in [3.8, 4) is 5.75 Å². The van der Waals surface area contributed by atoms with Gasteiger partial charge in [0.25, 0.3) is 5.91 Å². The Kier molecular flexibility index (Phi) is 5.34. The Morgan fingerprint density at radius 1 is 0.939 bits per heavy atom. The SMILES string of the molecule is CCn1c2ccccc2c2cc(/C=C3/OC(=O)N(CCc4ccccc4OC)C3=O)ccc21. The van der Waals surface area contributed by atoms with Crippen molar-refractivity contribution in [2.24, 2.45) is 0 Å². The summed E-state index contributed by atoms with van der Waals surface area (Å²) in [7, 11) is 1.60. The van der Waals surface area contributed by atoms with Crippen molar-refractivity contribution >= 4 is 39.9 Å². The largest absolute Gasteiger partial charge is 0.496 e. The molecule has 0 spiro atoms. The predicted molar refractivity (Wildman–Crippen MR) is 128 cm³/mol. The summed E-state index contributed by atoms with van der Waals surface area (Å²) in [5, 5.41) is 2.26. The number of nitrogens with zero attached hydrogens (tertiary/aromatic N) is 2. The lowest BCUT2D eigenvalue weighted by atomic mass is 10.1. The van der Waals surface area contributed by atoms with Crippen LogP contribution in [-0.4, -0.2) is 35.1 Å². The number of benzene rings is 3. The molecule has 1 aliphatic heterocycles. The van der Waals surface area contributed by atoms with Crippen LogP contribution in [0.5, 0.6) is 5.75 Å². The van der Waals surface area contributed by atoms with Crippen LogP contribution < -0.4 is 4.74 Å². The maximum Gasteiger partial charge on any atom is 0.422 e. The maximum atomic E-state index is 12.9. The van der Waals surface area contributed by atoms with E-state index in [1.54, 1.807) is 13.2 Å². The highest BCUT2D eigenvalue weighted by Gasteiger charge is 2.36. The molecule has 1 saturated heterocycles. The number of rotatable bonds is 6. The highest BCUT2D eigenvalue weighted by atomic mass is 16.6. The van der Waals surface area contributed by atoms with Crippen molar-refractivity contribution < 1.29 is 19.1 Å². The molecule has 0 radical (unpaired) electrons. The minimum absolute atomic E-state index is 0.0404. The van der Waals surface area contributed by atoms with Crippen LogP contribution in [0.4, 0.5) is 4.79 Å². The van der Waals surface area contributed by atoms with E-state index in [0.717, 1.165) is 44.6 Å². The number of hydrogen-bond acceptors (Lipinski definition) is 4. The lowest BCUT2D eigenvalue weighted by Gasteiger charge is -2.12. The Morgan fingerprint density at radius 2 is 1.70 bits per heavy atom. The van der Waals surface area contributed by atoms with Crippen LogP contribution in [-0.2, 0) is 22.5 Å². The molecule has 0 atom stereocenters. The Bertz CT molecular complexity index is 1420. The van der Waals surface area contributed by atoms with Gasteiger partial charge in [-0.3, -0.25) is 4.79 Å². The number of fused-ring (bicyclic) bond motifs is 3. The van der Waals surface area contributed by atoms with Crippen LogP contribution in [0.15, 0.2) is 72.5 Å². The van der Waals surface area contributed by atoms with E-state index in [9.17, 15) is 9.59 Å². The number of cyclic esters (lactones) is 1. The number of aryl methyl sites for hydroxylation is 1. The molecule has 0 bridgehead atoms. The summed E-state index contributed by atoms with van der Waals surface area (Å²) in [5.74, 6) is 0.345. The molecule has 1 fully saturated rings. The van der Waals surface area contributed by atoms with Gasteiger partial charge in [0.1, 0.15) is 5.75 Å². The molecule has 166 valence electrons. The minimum Gasteiger partial charge on any atom is -0.496 e. The lowest BCUT2D eigenvalue weighted by Crippen LogP contribution is -2.30. The summed E-state index contributed by atoms with van der Waals surface area (Å²) < 4.78 is 12.9. The van der Waals surface area contributed by atoms with Gasteiger partial charge in [0.2, 0.25) is 0 Å². The second-order valence-electron chi connectivity index (χ2n) is 7.93. The average molecular weight is 440 g/mol. The topological polar surface area (TPSA) is 60.8 Å². The van der Waals surface area contributed by atoms with Gasteiger partial charge in [0.05, 0.1) is 7.11 Å². The highest BCUT2D eigenvalue weighted by Crippen LogP contribution is 2.31. The normalized spacial score (nSPS) is 15.1. The van der Waals surface area contributed by atoms with Gasteiger partial charge in [0.15, 0.2) is 5.76 Å². The molecule has 6 heteroatoms.